The van der Waals surface area contributed by atoms with E-state index in [1.807, 2.05) is 83.9 Å². The van der Waals surface area contributed by atoms with Crippen molar-refractivity contribution in [3.05, 3.63) is 52.0 Å². The van der Waals surface area contributed by atoms with Gasteiger partial charge in [0, 0.05) is 36.3 Å². The van der Waals surface area contributed by atoms with E-state index >= 15 is 0 Å². The number of esters is 1. The third kappa shape index (κ3) is 9.50. The van der Waals surface area contributed by atoms with Crippen molar-refractivity contribution in [2.24, 2.45) is 28.7 Å². The van der Waals surface area contributed by atoms with E-state index in [9.17, 15) is 19.5 Å². The molecule has 2 aromatic heterocycles. The van der Waals surface area contributed by atoms with Crippen molar-refractivity contribution in [3.63, 3.8) is 0 Å². The molecule has 0 saturated carbocycles. The molecule has 6 rings (SSSR count). The molecule has 4 aliphatic rings. The van der Waals surface area contributed by atoms with Crippen LogP contribution in [0.4, 0.5) is 4.79 Å². The number of nitrogens with zero attached hydrogens (tertiary/aromatic N) is 4. The fourth-order valence-corrected chi connectivity index (χ4v) is 10.3. The summed E-state index contributed by atoms with van der Waals surface area (Å²) in [5.41, 5.74) is -0.929. The molecular weight excluding hydrogens is 785 g/mol. The fourth-order valence-electron chi connectivity index (χ4n) is 9.61. The predicted octanol–water partition coefficient (Wildman–Crippen LogP) is 5.35. The Morgan fingerprint density at radius 1 is 1.02 bits per heavy atom. The maximum absolute atomic E-state index is 14.6. The number of cyclic esters (lactones) is 1. The lowest BCUT2D eigenvalue weighted by molar-refractivity contribution is -0.296. The van der Waals surface area contributed by atoms with Crippen LogP contribution in [0.25, 0.3) is 0 Å². The summed E-state index contributed by atoms with van der Waals surface area (Å²) in [6.45, 7) is 15.5. The van der Waals surface area contributed by atoms with Crippen molar-refractivity contribution < 1.29 is 43.2 Å². The van der Waals surface area contributed by atoms with Crippen LogP contribution in [-0.2, 0) is 33.3 Å². The van der Waals surface area contributed by atoms with Gasteiger partial charge in [0.1, 0.15) is 30.4 Å². The molecule has 1 N–H and O–H groups in total. The number of thiophene rings is 1. The number of Topliss-reactive ketones (excluding diaryl/α,β-unsaturated/α-hetero) is 1. The van der Waals surface area contributed by atoms with Crippen LogP contribution in [0.15, 0.2) is 41.5 Å². The van der Waals surface area contributed by atoms with Gasteiger partial charge in [-0.1, -0.05) is 45.6 Å². The highest BCUT2D eigenvalue weighted by molar-refractivity contribution is 7.13. The number of ketones is 1. The van der Waals surface area contributed by atoms with E-state index < -0.39 is 71.5 Å². The minimum absolute atomic E-state index is 0.0315. The minimum atomic E-state index is -1.26. The second-order valence-electron chi connectivity index (χ2n) is 17.3. The molecule has 4 aliphatic heterocycles. The third-order valence-electron chi connectivity index (χ3n) is 12.6. The Morgan fingerprint density at radius 3 is 2.43 bits per heavy atom. The zero-order chi connectivity index (χ0) is 43.5. The van der Waals surface area contributed by atoms with Crippen molar-refractivity contribution in [2.45, 2.75) is 129 Å². The smallest absolute Gasteiger partial charge is 0.410 e. The topological polar surface area (TPSA) is 149 Å². The summed E-state index contributed by atoms with van der Waals surface area (Å²) < 4.78 is 32.3. The predicted molar refractivity (Wildman–Crippen MR) is 227 cm³/mol. The first-order chi connectivity index (χ1) is 28.5. The van der Waals surface area contributed by atoms with E-state index in [2.05, 4.69) is 35.6 Å². The van der Waals surface area contributed by atoms with E-state index in [1.54, 1.807) is 18.0 Å². The Hall–Kier alpha value is -4.15. The van der Waals surface area contributed by atoms with Gasteiger partial charge < -0.3 is 33.7 Å². The Kier molecular flexibility index (Phi) is 14.3. The van der Waals surface area contributed by atoms with Crippen molar-refractivity contribution >= 4 is 34.9 Å². The number of aromatic nitrogens is 1. The standard InChI is InChI=1S/C46H60N4O9S/c1-11-36-46(8)40-29(4)37(48-22-23-50(40)44(54)59-46)27(2)26-45(7,55-24-14-16-33-19-20-34(60-33)18-17-32-15-12-13-21-47-32)41(30(5)38(51)31(6)42(53)57-36)58-43-39(52)35(49(9)10)25-28(3)56-43/h12-13,15,19-21,27-31,35-36,39-41,43,52H,11,22-26H2,1-10H3/t27-,28-,29-,30+,31-,35+,36+,39-,40-,41-,43+,45+,46+/m1/s1. The zero-order valence-corrected chi connectivity index (χ0v) is 37.3. The average Bonchev–Trinajstić information content (AvgIpc) is 3.72. The Balaban J connectivity index is 1.39. The van der Waals surface area contributed by atoms with E-state index in [1.165, 1.54) is 18.3 Å². The number of pyridine rings is 1. The van der Waals surface area contributed by atoms with Crippen LogP contribution in [0.1, 0.15) is 90.1 Å². The highest BCUT2D eigenvalue weighted by Gasteiger charge is 2.60. The SMILES string of the molecule is CC[C@@H]1OC(=O)[C@H](C)C(=O)[C@H](C)[C@@H](O[C@@H]2O[C@H](C)C[C@H](N(C)C)[C@H]2O)[C@@](C)(OCC#Cc2ccc(C#Cc3ccccn3)s2)C[C@@H](C)C2=NCCN3C(=O)O[C@]1(C)[C@H]3[C@@H]2C. The summed E-state index contributed by atoms with van der Waals surface area (Å²) in [5, 5.41) is 11.7. The molecule has 0 unspecified atom stereocenters. The number of carbonyl (C=O) groups excluding carboxylic acids is 3. The monoisotopic (exact) mass is 844 g/mol. The van der Waals surface area contributed by atoms with Crippen LogP contribution in [0.5, 0.6) is 0 Å². The molecule has 1 amide bonds. The largest absolute Gasteiger partial charge is 0.458 e. The number of ether oxygens (including phenoxy) is 5. The molecular formula is C46H60N4O9S. The quantitative estimate of drug-likeness (QED) is 0.228. The molecule has 2 bridgehead atoms. The van der Waals surface area contributed by atoms with Crippen LogP contribution in [0.3, 0.4) is 0 Å². The number of likely N-dealkylation sites (N-methyl/N-ethyl adjacent to an activating group) is 1. The minimum Gasteiger partial charge on any atom is -0.458 e. The van der Waals surface area contributed by atoms with Crippen LogP contribution < -0.4 is 0 Å². The Morgan fingerprint density at radius 2 is 1.75 bits per heavy atom. The number of aliphatic hydroxyl groups excluding tert-OH is 1. The van der Waals surface area contributed by atoms with Crippen molar-refractivity contribution in [1.29, 1.82) is 0 Å². The van der Waals surface area contributed by atoms with Gasteiger partial charge in [-0.3, -0.25) is 19.5 Å². The number of aliphatic imine (C=N–C) groups is 1. The Labute approximate surface area is 358 Å². The second-order valence-corrected chi connectivity index (χ2v) is 18.4. The lowest BCUT2D eigenvalue weighted by Crippen LogP contribution is -2.60. The van der Waals surface area contributed by atoms with Crippen molar-refractivity contribution in [2.75, 3.05) is 33.8 Å². The molecule has 13 atom stereocenters. The van der Waals surface area contributed by atoms with Gasteiger partial charge in [-0.25, -0.2) is 9.78 Å². The zero-order valence-electron chi connectivity index (χ0n) is 36.5. The summed E-state index contributed by atoms with van der Waals surface area (Å²) >= 11 is 1.46. The van der Waals surface area contributed by atoms with Crippen molar-refractivity contribution in [1.82, 2.24) is 14.8 Å². The molecule has 324 valence electrons. The molecule has 60 heavy (non-hydrogen) atoms. The number of hydrogen-bond acceptors (Lipinski definition) is 13. The van der Waals surface area contributed by atoms with Crippen LogP contribution in [0, 0.1) is 47.4 Å². The van der Waals surface area contributed by atoms with Gasteiger partial charge in [0.25, 0.3) is 0 Å². The van der Waals surface area contributed by atoms with E-state index in [0.29, 0.717) is 38.0 Å². The molecule has 0 aromatic carbocycles. The first-order valence-corrected chi connectivity index (χ1v) is 21.9. The lowest BCUT2D eigenvalue weighted by Gasteiger charge is -2.47. The number of aliphatic hydroxyl groups is 1. The van der Waals surface area contributed by atoms with Gasteiger partial charge in [0.05, 0.1) is 40.1 Å². The molecule has 3 fully saturated rings. The molecule has 6 heterocycles. The lowest BCUT2D eigenvalue weighted by atomic mass is 9.73. The second kappa shape index (κ2) is 18.9. The van der Waals surface area contributed by atoms with Crippen LogP contribution in [0.2, 0.25) is 0 Å². The first kappa shape index (κ1) is 45.4. The molecule has 0 radical (unpaired) electrons. The van der Waals surface area contributed by atoms with Gasteiger partial charge in [0.2, 0.25) is 0 Å². The van der Waals surface area contributed by atoms with Gasteiger partial charge in [-0.15, -0.1) is 11.3 Å². The van der Waals surface area contributed by atoms with Gasteiger partial charge in [-0.05, 0) is 103 Å². The number of amides is 1. The number of fused-ring (bicyclic) bond motifs is 1. The first-order valence-electron chi connectivity index (χ1n) is 21.1. The number of hydrogen-bond donors (Lipinski definition) is 1. The maximum atomic E-state index is 14.6. The van der Waals surface area contributed by atoms with Crippen molar-refractivity contribution in [3.8, 4) is 23.7 Å². The summed E-state index contributed by atoms with van der Waals surface area (Å²) in [7, 11) is 3.79. The summed E-state index contributed by atoms with van der Waals surface area (Å²) in [6.07, 6.45) is -1.80. The highest BCUT2D eigenvalue weighted by atomic mass is 32.1. The summed E-state index contributed by atoms with van der Waals surface area (Å²) in [6, 6.07) is 8.64. The summed E-state index contributed by atoms with van der Waals surface area (Å²) in [5.74, 6) is 8.75. The van der Waals surface area contributed by atoms with Crippen LogP contribution in [-0.4, -0.2) is 131 Å². The van der Waals surface area contributed by atoms with E-state index in [4.69, 9.17) is 28.7 Å². The maximum Gasteiger partial charge on any atom is 0.410 e. The van der Waals surface area contributed by atoms with Gasteiger partial charge in [0.15, 0.2) is 17.7 Å². The number of rotatable bonds is 6. The third-order valence-corrected chi connectivity index (χ3v) is 13.6. The molecule has 14 heteroatoms. The fraction of sp³-hybridized carbons (Fsp3) is 0.630. The molecule has 3 saturated heterocycles. The van der Waals surface area contributed by atoms with Gasteiger partial charge >= 0.3 is 12.1 Å². The number of carbonyl (C=O) groups is 3. The molecule has 0 aliphatic carbocycles. The molecule has 0 spiro atoms. The van der Waals surface area contributed by atoms with E-state index in [-0.39, 0.29) is 30.6 Å². The van der Waals surface area contributed by atoms with Gasteiger partial charge in [-0.2, -0.15) is 0 Å². The van der Waals surface area contributed by atoms with E-state index in [0.717, 1.165) is 15.5 Å². The highest BCUT2D eigenvalue weighted by Crippen LogP contribution is 2.44. The Bertz CT molecular complexity index is 2040. The van der Waals surface area contributed by atoms with Crippen LogP contribution >= 0.6 is 11.3 Å². The summed E-state index contributed by atoms with van der Waals surface area (Å²) in [4.78, 5) is 56.8. The molecule has 2 aromatic rings. The average molecular weight is 845 g/mol. The molecule has 13 nitrogen and oxygen atoms in total. The normalized spacial score (nSPS) is 36.1.